The number of aliphatic hydroxyl groups excluding tert-OH is 1. The van der Waals surface area contributed by atoms with Crippen molar-refractivity contribution in [2.45, 2.75) is 534 Å². The first-order valence-corrected chi connectivity index (χ1v) is 51.3. The summed E-state index contributed by atoms with van der Waals surface area (Å²) in [4.78, 5) is 73.5. The lowest BCUT2D eigenvalue weighted by Crippen LogP contribution is -2.30. The maximum Gasteiger partial charge on any atom is 0.472 e. The average molecular weight is 1630 g/mol. The molecular formula is C93H182O17P2. The van der Waals surface area contributed by atoms with E-state index in [2.05, 4.69) is 27.7 Å². The monoisotopic (exact) mass is 1630 g/mol. The Morgan fingerprint density at radius 2 is 0.357 bits per heavy atom. The minimum Gasteiger partial charge on any atom is -0.462 e. The van der Waals surface area contributed by atoms with Gasteiger partial charge in [-0.05, 0) is 25.7 Å². The summed E-state index contributed by atoms with van der Waals surface area (Å²) in [6, 6.07) is 0. The zero-order valence-corrected chi connectivity index (χ0v) is 75.5. The second-order valence-electron chi connectivity index (χ2n) is 33.4. The fourth-order valence-corrected chi connectivity index (χ4v) is 16.3. The van der Waals surface area contributed by atoms with Crippen LogP contribution in [0.3, 0.4) is 0 Å². The Morgan fingerprint density at radius 3 is 0.527 bits per heavy atom. The van der Waals surface area contributed by atoms with Crippen molar-refractivity contribution in [3.63, 3.8) is 0 Å². The van der Waals surface area contributed by atoms with Gasteiger partial charge in [-0.15, -0.1) is 0 Å². The number of hydrogen-bond donors (Lipinski definition) is 3. The molecule has 0 aliphatic rings. The van der Waals surface area contributed by atoms with E-state index in [0.717, 1.165) is 89.9 Å². The van der Waals surface area contributed by atoms with Crippen LogP contribution in [0.25, 0.3) is 0 Å². The predicted octanol–water partition coefficient (Wildman–Crippen LogP) is 29.3. The number of rotatable bonds is 94. The van der Waals surface area contributed by atoms with Gasteiger partial charge in [0.2, 0.25) is 0 Å². The molecule has 0 amide bonds. The molecule has 0 radical (unpaired) electrons. The smallest absolute Gasteiger partial charge is 0.462 e. The van der Waals surface area contributed by atoms with Gasteiger partial charge in [0.05, 0.1) is 26.4 Å². The second kappa shape index (κ2) is 86.9. The molecule has 19 heteroatoms. The Balaban J connectivity index is 5.22. The Bertz CT molecular complexity index is 2100. The van der Waals surface area contributed by atoms with Crippen LogP contribution in [0, 0.1) is 0 Å². The molecule has 0 aromatic carbocycles. The van der Waals surface area contributed by atoms with Crippen molar-refractivity contribution in [1.82, 2.24) is 0 Å². The Labute approximate surface area is 689 Å². The highest BCUT2D eigenvalue weighted by atomic mass is 31.2. The van der Waals surface area contributed by atoms with Gasteiger partial charge >= 0.3 is 39.5 Å². The van der Waals surface area contributed by atoms with Gasteiger partial charge in [0.1, 0.15) is 19.3 Å². The molecule has 0 fully saturated rings. The third-order valence-corrected chi connectivity index (χ3v) is 24.0. The van der Waals surface area contributed by atoms with E-state index >= 15 is 0 Å². The van der Waals surface area contributed by atoms with Crippen LogP contribution in [0.2, 0.25) is 0 Å². The zero-order chi connectivity index (χ0) is 81.7. The first-order chi connectivity index (χ1) is 54.7. The molecule has 0 rings (SSSR count). The molecule has 0 aliphatic carbocycles. The highest BCUT2D eigenvalue weighted by molar-refractivity contribution is 7.47. The number of unbranched alkanes of at least 4 members (excludes halogenated alkanes) is 68. The standard InChI is InChI=1S/C93H182O17P2/c1-5-9-13-17-21-25-29-32-35-38-41-43-45-47-50-53-56-60-64-68-72-76-80-93(98)110-89(84-104-91(96)78-74-70-66-62-58-54-51-49-46-44-42-39-36-33-30-26-22-18-14-10-6-2)86-108-112(101,102)106-82-87(94)81-105-111(99,100)107-85-88(83-103-90(95)77-73-69-65-61-57-28-24-20-16-12-8-4)109-92(97)79-75-71-67-63-59-55-52-48-40-37-34-31-27-23-19-15-11-7-3/h87-89,94H,5-86H2,1-4H3,(H,99,100)(H,101,102)/t87-,88+,89+/m0/s1. The Morgan fingerprint density at radius 1 is 0.214 bits per heavy atom. The normalized spacial score (nSPS) is 13.6. The molecule has 0 spiro atoms. The van der Waals surface area contributed by atoms with Crippen LogP contribution in [0.5, 0.6) is 0 Å². The minimum absolute atomic E-state index is 0.110. The molecule has 3 N–H and O–H groups in total. The number of ether oxygens (including phenoxy) is 4. The molecule has 0 saturated heterocycles. The molecule has 17 nitrogen and oxygen atoms in total. The van der Waals surface area contributed by atoms with E-state index in [1.54, 1.807) is 0 Å². The molecule has 2 unspecified atom stereocenters. The van der Waals surface area contributed by atoms with Crippen molar-refractivity contribution in [2.75, 3.05) is 39.6 Å². The molecular weight excluding hydrogens is 1450 g/mol. The van der Waals surface area contributed by atoms with Gasteiger partial charge in [-0.3, -0.25) is 37.3 Å². The largest absolute Gasteiger partial charge is 0.472 e. The summed E-state index contributed by atoms with van der Waals surface area (Å²) in [5.41, 5.74) is 0. The molecule has 0 aliphatic heterocycles. The van der Waals surface area contributed by atoms with Crippen LogP contribution in [-0.4, -0.2) is 96.7 Å². The highest BCUT2D eigenvalue weighted by Crippen LogP contribution is 2.45. The van der Waals surface area contributed by atoms with Gasteiger partial charge in [-0.2, -0.15) is 0 Å². The molecule has 0 aromatic heterocycles. The van der Waals surface area contributed by atoms with Crippen molar-refractivity contribution in [3.05, 3.63) is 0 Å². The number of aliphatic hydroxyl groups is 1. The van der Waals surface area contributed by atoms with Crippen LogP contribution in [0.1, 0.15) is 516 Å². The van der Waals surface area contributed by atoms with Crippen molar-refractivity contribution in [2.24, 2.45) is 0 Å². The van der Waals surface area contributed by atoms with Crippen LogP contribution in [-0.2, 0) is 65.4 Å². The maximum atomic E-state index is 13.2. The van der Waals surface area contributed by atoms with Gasteiger partial charge in [0, 0.05) is 25.7 Å². The SMILES string of the molecule is CCCCCCCCCCCCCCCCCCCCCCCCC(=O)O[C@H](COC(=O)CCCCCCCCCCCCCCCCCCCCCCC)COP(=O)(O)OC[C@@H](O)COP(=O)(O)OC[C@@H](COC(=O)CCCCCCCCCCCCC)OC(=O)CCCCCCCCCCCCCCCCCCCC. The summed E-state index contributed by atoms with van der Waals surface area (Å²) in [5.74, 6) is -2.09. The first kappa shape index (κ1) is 110. The third-order valence-electron chi connectivity index (χ3n) is 22.1. The summed E-state index contributed by atoms with van der Waals surface area (Å²) < 4.78 is 69.1. The van der Waals surface area contributed by atoms with Gasteiger partial charge < -0.3 is 33.8 Å². The van der Waals surface area contributed by atoms with E-state index < -0.39 is 97.5 Å². The van der Waals surface area contributed by atoms with Crippen molar-refractivity contribution in [1.29, 1.82) is 0 Å². The van der Waals surface area contributed by atoms with E-state index in [4.69, 9.17) is 37.0 Å². The highest BCUT2D eigenvalue weighted by Gasteiger charge is 2.31. The summed E-state index contributed by atoms with van der Waals surface area (Å²) in [6.45, 7) is 5.09. The van der Waals surface area contributed by atoms with E-state index in [9.17, 15) is 43.2 Å². The van der Waals surface area contributed by atoms with Crippen LogP contribution >= 0.6 is 15.6 Å². The number of carbonyl (C=O) groups excluding carboxylic acids is 4. The minimum atomic E-state index is -4.97. The first-order valence-electron chi connectivity index (χ1n) is 48.3. The quantitative estimate of drug-likeness (QED) is 0.0222. The summed E-state index contributed by atoms with van der Waals surface area (Å²) >= 11 is 0. The number of hydrogen-bond acceptors (Lipinski definition) is 15. The maximum absolute atomic E-state index is 13.2. The Hall–Kier alpha value is -1.94. The van der Waals surface area contributed by atoms with E-state index in [-0.39, 0.29) is 25.7 Å². The van der Waals surface area contributed by atoms with E-state index in [1.165, 1.54) is 347 Å². The fourth-order valence-electron chi connectivity index (χ4n) is 14.8. The zero-order valence-electron chi connectivity index (χ0n) is 73.7. The number of carbonyl (C=O) groups is 4. The Kier molecular flexibility index (Phi) is 85.4. The lowest BCUT2D eigenvalue weighted by Gasteiger charge is -2.21. The molecule has 0 saturated carbocycles. The van der Waals surface area contributed by atoms with Crippen molar-refractivity contribution >= 4 is 39.5 Å². The van der Waals surface area contributed by atoms with Crippen LogP contribution in [0.4, 0.5) is 0 Å². The van der Waals surface area contributed by atoms with Gasteiger partial charge in [0.25, 0.3) is 0 Å². The lowest BCUT2D eigenvalue weighted by molar-refractivity contribution is -0.161. The summed E-state index contributed by atoms with van der Waals surface area (Å²) in [5, 5.41) is 10.7. The summed E-state index contributed by atoms with van der Waals surface area (Å²) in [6.07, 6.45) is 84.9. The number of phosphoric ester groups is 2. The number of esters is 4. The molecule has 666 valence electrons. The van der Waals surface area contributed by atoms with Crippen molar-refractivity contribution in [3.8, 4) is 0 Å². The fraction of sp³-hybridized carbons (Fsp3) is 0.957. The predicted molar refractivity (Wildman–Crippen MR) is 465 cm³/mol. The molecule has 5 atom stereocenters. The average Bonchev–Trinajstić information content (AvgIpc) is 0.897. The van der Waals surface area contributed by atoms with Gasteiger partial charge in [-0.25, -0.2) is 9.13 Å². The van der Waals surface area contributed by atoms with Crippen LogP contribution in [0.15, 0.2) is 0 Å². The topological polar surface area (TPSA) is 237 Å². The molecule has 112 heavy (non-hydrogen) atoms. The van der Waals surface area contributed by atoms with Crippen LogP contribution < -0.4 is 0 Å². The summed E-state index contributed by atoms with van der Waals surface area (Å²) in [7, 11) is -9.94. The van der Waals surface area contributed by atoms with Crippen molar-refractivity contribution < 1.29 is 80.2 Å². The molecule has 0 bridgehead atoms. The van der Waals surface area contributed by atoms with Gasteiger partial charge in [-0.1, -0.05) is 464 Å². The van der Waals surface area contributed by atoms with E-state index in [1.807, 2.05) is 0 Å². The molecule has 0 heterocycles. The van der Waals surface area contributed by atoms with Gasteiger partial charge in [0.15, 0.2) is 12.2 Å². The van der Waals surface area contributed by atoms with E-state index in [0.29, 0.717) is 25.7 Å². The lowest BCUT2D eigenvalue weighted by atomic mass is 10.0. The molecule has 0 aromatic rings. The number of phosphoric acid groups is 2. The second-order valence-corrected chi connectivity index (χ2v) is 36.3. The third kappa shape index (κ3) is 85.9.